The Labute approximate surface area is 239 Å². The van der Waals surface area contributed by atoms with Crippen molar-refractivity contribution in [3.8, 4) is 11.1 Å². The van der Waals surface area contributed by atoms with Crippen LogP contribution < -0.4 is 38.3 Å². The largest absolute Gasteiger partial charge is 1.00 e. The summed E-state index contributed by atoms with van der Waals surface area (Å²) in [6.45, 7) is 8.87. The van der Waals surface area contributed by atoms with E-state index in [2.05, 4.69) is 89.8 Å². The Kier molecular flexibility index (Phi) is 8.33. The van der Waals surface area contributed by atoms with Crippen LogP contribution >= 0.6 is 23.2 Å². The van der Waals surface area contributed by atoms with Crippen molar-refractivity contribution in [1.29, 1.82) is 0 Å². The number of aryl methyl sites for hydroxylation is 1. The number of hydrogen-bond donors (Lipinski definition) is 0. The maximum atomic E-state index is 6.33. The van der Waals surface area contributed by atoms with Crippen molar-refractivity contribution in [2.75, 3.05) is 22.9 Å². The topological polar surface area (TPSA) is 23.5 Å². The third-order valence-electron chi connectivity index (χ3n) is 6.42. The van der Waals surface area contributed by atoms with Crippen molar-refractivity contribution in [1.82, 2.24) is 0 Å². The van der Waals surface area contributed by atoms with Gasteiger partial charge in [0.15, 0.2) is 0 Å². The van der Waals surface area contributed by atoms with Gasteiger partial charge in [0.25, 0.3) is 5.52 Å². The highest BCUT2D eigenvalue weighted by molar-refractivity contribution is 6.42. The van der Waals surface area contributed by atoms with E-state index < -0.39 is 0 Å². The van der Waals surface area contributed by atoms with Crippen LogP contribution in [0.4, 0.5) is 11.4 Å². The smallest absolute Gasteiger partial charge is 0.374 e. The lowest BCUT2D eigenvalue weighted by Crippen LogP contribution is -3.00. The zero-order chi connectivity index (χ0) is 24.5. The normalized spacial score (nSPS) is 13.0. The molecule has 0 saturated heterocycles. The highest BCUT2D eigenvalue weighted by Gasteiger charge is 2.30. The number of allylic oxidation sites excluding steroid dienone is 2. The number of hydrogen-bond acceptors (Lipinski definition) is 3. The summed E-state index contributed by atoms with van der Waals surface area (Å²) < 4.78 is 8.43. The second-order valence-corrected chi connectivity index (χ2v) is 9.18. The fourth-order valence-corrected chi connectivity index (χ4v) is 5.09. The van der Waals surface area contributed by atoms with Gasteiger partial charge in [0, 0.05) is 19.2 Å². The molecule has 0 unspecified atom stereocenters. The Balaban J connectivity index is 0.00000304. The summed E-state index contributed by atoms with van der Waals surface area (Å²) in [6.07, 6.45) is 6.21. The van der Waals surface area contributed by atoms with Crippen LogP contribution in [0.15, 0.2) is 83.1 Å². The van der Waals surface area contributed by atoms with Crippen molar-refractivity contribution in [3.05, 3.63) is 94.6 Å². The Morgan fingerprint density at radius 3 is 2.06 bits per heavy atom. The van der Waals surface area contributed by atoms with Gasteiger partial charge < -0.3 is 38.2 Å². The van der Waals surface area contributed by atoms with E-state index >= 15 is 0 Å². The molecule has 4 aromatic rings. The SMILES string of the molecule is CCN1C(=CC=Cc2oc3ccc(-c4ccccc4)cc3[n+]2CC)N(CC)c2cc(Cl)c(Cl)cc21.[I-]. The van der Waals surface area contributed by atoms with Crippen LogP contribution in [0.3, 0.4) is 0 Å². The van der Waals surface area contributed by atoms with E-state index in [1.54, 1.807) is 0 Å². The minimum atomic E-state index is 0. The van der Waals surface area contributed by atoms with Crippen molar-refractivity contribution >= 4 is 51.8 Å². The molecule has 4 nitrogen and oxygen atoms in total. The molecule has 7 heteroatoms. The highest BCUT2D eigenvalue weighted by Crippen LogP contribution is 2.45. The molecule has 5 rings (SSSR count). The fourth-order valence-electron chi connectivity index (χ4n) is 4.77. The van der Waals surface area contributed by atoms with Gasteiger partial charge in [-0.15, -0.1) is 0 Å². The molecule has 0 radical (unpaired) electrons. The number of anilines is 2. The molecule has 186 valence electrons. The molecule has 1 aromatic heterocycles. The zero-order valence-corrected chi connectivity index (χ0v) is 24.2. The lowest BCUT2D eigenvalue weighted by molar-refractivity contribution is -0.674. The minimum absolute atomic E-state index is 0. The summed E-state index contributed by atoms with van der Waals surface area (Å²) in [5, 5.41) is 1.13. The molecule has 1 aliphatic heterocycles. The number of benzene rings is 3. The number of halogens is 3. The first-order chi connectivity index (χ1) is 17.0. The van der Waals surface area contributed by atoms with E-state index in [1.165, 1.54) is 11.1 Å². The Morgan fingerprint density at radius 2 is 1.47 bits per heavy atom. The van der Waals surface area contributed by atoms with E-state index in [0.29, 0.717) is 10.0 Å². The quantitative estimate of drug-likeness (QED) is 0.223. The highest BCUT2D eigenvalue weighted by atomic mass is 127. The lowest BCUT2D eigenvalue weighted by atomic mass is 10.1. The number of fused-ring (bicyclic) bond motifs is 2. The van der Waals surface area contributed by atoms with E-state index in [9.17, 15) is 0 Å². The van der Waals surface area contributed by atoms with Gasteiger partial charge in [-0.1, -0.05) is 59.6 Å². The second kappa shape index (κ2) is 11.3. The number of rotatable bonds is 6. The van der Waals surface area contributed by atoms with Gasteiger partial charge in [-0.2, -0.15) is 4.57 Å². The maximum Gasteiger partial charge on any atom is 0.374 e. The Morgan fingerprint density at radius 1 is 0.833 bits per heavy atom. The average molecular weight is 632 g/mol. The van der Waals surface area contributed by atoms with Gasteiger partial charge in [-0.25, -0.2) is 0 Å². The first kappa shape index (κ1) is 26.6. The molecule has 1 aliphatic rings. The van der Waals surface area contributed by atoms with Gasteiger partial charge in [0.2, 0.25) is 5.58 Å². The molecule has 0 N–H and O–H groups in total. The maximum absolute atomic E-state index is 6.33. The summed E-state index contributed by atoms with van der Waals surface area (Å²) in [4.78, 5) is 4.51. The third-order valence-corrected chi connectivity index (χ3v) is 7.14. The molecule has 0 spiro atoms. The van der Waals surface area contributed by atoms with Crippen LogP contribution in [0.1, 0.15) is 26.7 Å². The molecular formula is C29H28Cl2IN3O. The molecule has 0 saturated carbocycles. The molecular weight excluding hydrogens is 604 g/mol. The van der Waals surface area contributed by atoms with E-state index in [1.807, 2.05) is 24.3 Å². The van der Waals surface area contributed by atoms with Crippen LogP contribution in [-0.2, 0) is 6.54 Å². The van der Waals surface area contributed by atoms with Crippen LogP contribution in [0.25, 0.3) is 28.3 Å². The predicted octanol–water partition coefficient (Wildman–Crippen LogP) is 4.94. The van der Waals surface area contributed by atoms with Gasteiger partial charge >= 0.3 is 5.89 Å². The summed E-state index contributed by atoms with van der Waals surface area (Å²) in [5.41, 5.74) is 6.48. The van der Waals surface area contributed by atoms with Crippen molar-refractivity contribution in [2.24, 2.45) is 0 Å². The van der Waals surface area contributed by atoms with Crippen molar-refractivity contribution < 1.29 is 33.0 Å². The van der Waals surface area contributed by atoms with E-state index in [-0.39, 0.29) is 24.0 Å². The summed E-state index contributed by atoms with van der Waals surface area (Å²) in [7, 11) is 0. The first-order valence-electron chi connectivity index (χ1n) is 12.0. The van der Waals surface area contributed by atoms with Crippen LogP contribution in [0.5, 0.6) is 0 Å². The molecule has 0 bridgehead atoms. The second-order valence-electron chi connectivity index (χ2n) is 8.36. The summed E-state index contributed by atoms with van der Waals surface area (Å²) in [5.74, 6) is 1.90. The van der Waals surface area contributed by atoms with Crippen LogP contribution in [0.2, 0.25) is 10.0 Å². The predicted molar refractivity (Wildman–Crippen MR) is 147 cm³/mol. The molecule has 3 aromatic carbocycles. The third kappa shape index (κ3) is 4.76. The zero-order valence-electron chi connectivity index (χ0n) is 20.5. The molecule has 0 aliphatic carbocycles. The Bertz CT molecular complexity index is 1410. The van der Waals surface area contributed by atoms with E-state index in [4.69, 9.17) is 27.6 Å². The minimum Gasteiger partial charge on any atom is -1.00 e. The van der Waals surface area contributed by atoms with Gasteiger partial charge in [-0.3, -0.25) is 0 Å². The van der Waals surface area contributed by atoms with Crippen LogP contribution in [-0.4, -0.2) is 13.1 Å². The first-order valence-corrected chi connectivity index (χ1v) is 12.8. The summed E-state index contributed by atoms with van der Waals surface area (Å²) >= 11 is 12.7. The van der Waals surface area contributed by atoms with Gasteiger partial charge in [0.1, 0.15) is 12.4 Å². The number of oxazole rings is 1. The molecule has 0 amide bonds. The number of aromatic nitrogens is 1. The van der Waals surface area contributed by atoms with Crippen molar-refractivity contribution in [2.45, 2.75) is 27.3 Å². The molecule has 0 fully saturated rings. The Hall–Kier alpha value is -2.48. The standard InChI is InChI=1S/C29H28Cl2N3O.HI/c1-4-32-24-18-22(30)23(31)19-25(24)33(5-2)28(32)13-10-14-29-34(6-3)26-17-21(15-16-27(26)35-29)20-11-8-7-9-12-20;/h7-19H,4-6H2,1-3H3;1H/q+1;/p-1. The molecule has 36 heavy (non-hydrogen) atoms. The monoisotopic (exact) mass is 631 g/mol. The lowest BCUT2D eigenvalue weighted by Gasteiger charge is -2.23. The van der Waals surface area contributed by atoms with E-state index in [0.717, 1.165) is 53.8 Å². The average Bonchev–Trinajstić information content (AvgIpc) is 3.38. The summed E-state index contributed by atoms with van der Waals surface area (Å²) in [6, 6.07) is 20.7. The van der Waals surface area contributed by atoms with Crippen molar-refractivity contribution in [3.63, 3.8) is 0 Å². The fraction of sp³-hybridized carbons (Fsp3) is 0.207. The molecule has 0 atom stereocenters. The number of nitrogens with zero attached hydrogens (tertiary/aromatic N) is 3. The molecule has 2 heterocycles. The van der Waals surface area contributed by atoms with Gasteiger partial charge in [-0.05, 0) is 62.2 Å². The van der Waals surface area contributed by atoms with Gasteiger partial charge in [0.05, 0.1) is 27.5 Å². The van der Waals surface area contributed by atoms with Crippen LogP contribution in [0, 0.1) is 0 Å².